The molecule has 0 spiro atoms. The van der Waals surface area contributed by atoms with Crippen molar-refractivity contribution in [2.75, 3.05) is 18.5 Å². The van der Waals surface area contributed by atoms with Gasteiger partial charge in [-0.25, -0.2) is 9.97 Å². The van der Waals surface area contributed by atoms with Crippen LogP contribution < -0.4 is 5.32 Å². The van der Waals surface area contributed by atoms with Gasteiger partial charge in [0.1, 0.15) is 23.0 Å². The lowest BCUT2D eigenvalue weighted by molar-refractivity contribution is 0.0608. The fraction of sp³-hybridized carbons (Fsp3) is 0.435. The Hall–Kier alpha value is -2.73. The lowest BCUT2D eigenvalue weighted by Gasteiger charge is -2.25. The van der Waals surface area contributed by atoms with E-state index in [1.165, 1.54) is 0 Å². The van der Waals surface area contributed by atoms with Gasteiger partial charge in [0.05, 0.1) is 12.4 Å². The van der Waals surface area contributed by atoms with Gasteiger partial charge < -0.3 is 14.6 Å². The summed E-state index contributed by atoms with van der Waals surface area (Å²) in [5, 5.41) is 3.31. The molecule has 6 heteroatoms. The molecule has 0 amide bonds. The first-order valence-electron chi connectivity index (χ1n) is 10.3. The molecule has 0 atom stereocenters. The predicted octanol–water partition coefficient (Wildman–Crippen LogP) is 4.81. The highest BCUT2D eigenvalue weighted by atomic mass is 16.5. The molecule has 0 unspecified atom stereocenters. The molecule has 3 heterocycles. The normalized spacial score (nSPS) is 15.4. The molecule has 1 aliphatic rings. The summed E-state index contributed by atoms with van der Waals surface area (Å²) in [6, 6.07) is 10.00. The van der Waals surface area contributed by atoms with E-state index in [1.54, 1.807) is 12.4 Å². The van der Waals surface area contributed by atoms with E-state index in [-0.39, 0.29) is 5.41 Å². The number of nitrogens with zero attached hydrogens (tertiary/aromatic N) is 4. The molecular weight excluding hydrogens is 362 g/mol. The van der Waals surface area contributed by atoms with Crippen LogP contribution in [-0.4, -0.2) is 32.7 Å². The number of hydrogen-bond donors (Lipinski definition) is 1. The van der Waals surface area contributed by atoms with Gasteiger partial charge in [-0.2, -0.15) is 0 Å². The third-order valence-corrected chi connectivity index (χ3v) is 5.19. The van der Waals surface area contributed by atoms with Crippen LogP contribution in [0.1, 0.15) is 39.4 Å². The summed E-state index contributed by atoms with van der Waals surface area (Å²) >= 11 is 0. The van der Waals surface area contributed by atoms with Crippen molar-refractivity contribution in [2.24, 2.45) is 5.92 Å². The molecule has 1 aromatic carbocycles. The van der Waals surface area contributed by atoms with Gasteiger partial charge >= 0.3 is 0 Å². The summed E-state index contributed by atoms with van der Waals surface area (Å²) in [6.07, 6.45) is 7.86. The van der Waals surface area contributed by atoms with Crippen molar-refractivity contribution in [2.45, 2.75) is 45.6 Å². The molecule has 1 aliphatic heterocycles. The zero-order valence-corrected chi connectivity index (χ0v) is 17.4. The standard InChI is InChI=1S/C23H29N5O/c1-23(2,3)22-27-20(16-28(22)15-17-9-11-29-12-10-17)19-13-24-14-21(26-19)25-18-7-5-4-6-8-18/h4-8,13-14,16-17H,9-12,15H2,1-3H3,(H,25,26). The zero-order valence-electron chi connectivity index (χ0n) is 17.4. The second kappa shape index (κ2) is 8.33. The van der Waals surface area contributed by atoms with Crippen LogP contribution in [-0.2, 0) is 16.7 Å². The first-order valence-corrected chi connectivity index (χ1v) is 10.3. The van der Waals surface area contributed by atoms with E-state index in [1.807, 2.05) is 30.3 Å². The molecule has 0 radical (unpaired) electrons. The molecule has 0 aliphatic carbocycles. The molecule has 3 aromatic rings. The van der Waals surface area contributed by atoms with E-state index in [0.717, 1.165) is 55.5 Å². The van der Waals surface area contributed by atoms with Crippen LogP contribution in [0.4, 0.5) is 11.5 Å². The number of hydrogen-bond acceptors (Lipinski definition) is 5. The minimum atomic E-state index is -0.0449. The van der Waals surface area contributed by atoms with Crippen LogP contribution in [0.2, 0.25) is 0 Å². The molecule has 6 nitrogen and oxygen atoms in total. The second-order valence-corrected chi connectivity index (χ2v) is 8.69. The molecular formula is C23H29N5O. The molecule has 152 valence electrons. The molecule has 29 heavy (non-hydrogen) atoms. The first kappa shape index (κ1) is 19.6. The van der Waals surface area contributed by atoms with E-state index in [2.05, 4.69) is 41.8 Å². The van der Waals surface area contributed by atoms with Crippen LogP contribution in [0.3, 0.4) is 0 Å². The third kappa shape index (κ3) is 4.82. The van der Waals surface area contributed by atoms with Crippen molar-refractivity contribution in [1.82, 2.24) is 19.5 Å². The largest absolute Gasteiger partial charge is 0.381 e. The number of rotatable bonds is 5. The molecule has 1 N–H and O–H groups in total. The maximum absolute atomic E-state index is 5.52. The summed E-state index contributed by atoms with van der Waals surface area (Å²) in [5.41, 5.74) is 2.59. The average Bonchev–Trinajstić information content (AvgIpc) is 3.14. The Morgan fingerprint density at radius 3 is 2.52 bits per heavy atom. The van der Waals surface area contributed by atoms with Crippen molar-refractivity contribution in [1.29, 1.82) is 0 Å². The van der Waals surface area contributed by atoms with E-state index >= 15 is 0 Å². The highest BCUT2D eigenvalue weighted by Gasteiger charge is 2.25. The van der Waals surface area contributed by atoms with Crippen LogP contribution in [0, 0.1) is 5.92 Å². The monoisotopic (exact) mass is 391 g/mol. The van der Waals surface area contributed by atoms with E-state index in [0.29, 0.717) is 11.7 Å². The lowest BCUT2D eigenvalue weighted by atomic mass is 9.94. The maximum atomic E-state index is 5.52. The summed E-state index contributed by atoms with van der Waals surface area (Å²) in [4.78, 5) is 14.1. The minimum absolute atomic E-state index is 0.0449. The summed E-state index contributed by atoms with van der Waals surface area (Å²) in [7, 11) is 0. The quantitative estimate of drug-likeness (QED) is 0.676. The van der Waals surface area contributed by atoms with Crippen molar-refractivity contribution in [3.63, 3.8) is 0 Å². The molecule has 4 rings (SSSR count). The van der Waals surface area contributed by atoms with E-state index < -0.39 is 0 Å². The van der Waals surface area contributed by atoms with Gasteiger partial charge in [-0.3, -0.25) is 4.98 Å². The molecule has 1 fully saturated rings. The Kier molecular flexibility index (Phi) is 5.62. The fourth-order valence-electron chi connectivity index (χ4n) is 3.70. The number of nitrogens with one attached hydrogen (secondary N) is 1. The van der Waals surface area contributed by atoms with Crippen molar-refractivity contribution >= 4 is 11.5 Å². The molecule has 0 saturated carbocycles. The van der Waals surface area contributed by atoms with Gasteiger partial charge in [-0.15, -0.1) is 0 Å². The average molecular weight is 392 g/mol. The number of anilines is 2. The molecule has 1 saturated heterocycles. The van der Waals surface area contributed by atoms with Crippen LogP contribution in [0.25, 0.3) is 11.4 Å². The van der Waals surface area contributed by atoms with Gasteiger partial charge in [0.2, 0.25) is 0 Å². The lowest BCUT2D eigenvalue weighted by Crippen LogP contribution is -2.24. The summed E-state index contributed by atoms with van der Waals surface area (Å²) in [6.45, 7) is 9.31. The fourth-order valence-corrected chi connectivity index (χ4v) is 3.70. The van der Waals surface area contributed by atoms with Gasteiger partial charge in [0.15, 0.2) is 0 Å². The van der Waals surface area contributed by atoms with Crippen LogP contribution >= 0.6 is 0 Å². The van der Waals surface area contributed by atoms with Crippen molar-refractivity contribution in [3.05, 3.63) is 54.7 Å². The summed E-state index contributed by atoms with van der Waals surface area (Å²) in [5.74, 6) is 2.43. The Morgan fingerprint density at radius 1 is 1.03 bits per heavy atom. The number of para-hydroxylation sites is 1. The zero-order chi connectivity index (χ0) is 20.3. The van der Waals surface area contributed by atoms with Crippen LogP contribution in [0.15, 0.2) is 48.9 Å². The minimum Gasteiger partial charge on any atom is -0.381 e. The first-order chi connectivity index (χ1) is 14.0. The van der Waals surface area contributed by atoms with Crippen LogP contribution in [0.5, 0.6) is 0 Å². The van der Waals surface area contributed by atoms with Gasteiger partial charge in [-0.1, -0.05) is 39.0 Å². The van der Waals surface area contributed by atoms with E-state index in [4.69, 9.17) is 14.7 Å². The molecule has 0 bridgehead atoms. The predicted molar refractivity (Wildman–Crippen MR) is 115 cm³/mol. The smallest absolute Gasteiger partial charge is 0.149 e. The number of ether oxygens (including phenoxy) is 1. The Balaban J connectivity index is 1.61. The number of imidazole rings is 1. The highest BCUT2D eigenvalue weighted by Crippen LogP contribution is 2.28. The van der Waals surface area contributed by atoms with Crippen molar-refractivity contribution < 1.29 is 4.74 Å². The van der Waals surface area contributed by atoms with Gasteiger partial charge in [-0.05, 0) is 30.9 Å². The number of benzene rings is 1. The third-order valence-electron chi connectivity index (χ3n) is 5.19. The Morgan fingerprint density at radius 2 is 1.79 bits per heavy atom. The Bertz CT molecular complexity index is 939. The van der Waals surface area contributed by atoms with Gasteiger partial charge in [0.25, 0.3) is 0 Å². The summed E-state index contributed by atoms with van der Waals surface area (Å²) < 4.78 is 7.83. The highest BCUT2D eigenvalue weighted by molar-refractivity contribution is 5.60. The number of aromatic nitrogens is 4. The van der Waals surface area contributed by atoms with Gasteiger partial charge in [0, 0.05) is 37.1 Å². The maximum Gasteiger partial charge on any atom is 0.149 e. The van der Waals surface area contributed by atoms with E-state index in [9.17, 15) is 0 Å². The second-order valence-electron chi connectivity index (χ2n) is 8.69. The molecule has 2 aromatic heterocycles. The van der Waals surface area contributed by atoms with Crippen molar-refractivity contribution in [3.8, 4) is 11.4 Å². The topological polar surface area (TPSA) is 64.9 Å². The Labute approximate surface area is 172 Å². The SMILES string of the molecule is CC(C)(C)c1nc(-c2cncc(Nc3ccccc3)n2)cn1CC1CCOCC1.